The largest absolute Gasteiger partial charge is 0.496 e. The molecule has 0 saturated heterocycles. The van der Waals surface area contributed by atoms with Crippen molar-refractivity contribution in [1.82, 2.24) is 5.32 Å². The number of hydrogen-bond donors (Lipinski definition) is 2. The average Bonchev–Trinajstić information content (AvgIpc) is 2.94. The van der Waals surface area contributed by atoms with E-state index in [1.165, 1.54) is 0 Å². The number of methoxy groups -OCH3 is 1. The van der Waals surface area contributed by atoms with Crippen LogP contribution in [0.2, 0.25) is 5.02 Å². The molecule has 1 amide bonds. The highest BCUT2D eigenvalue weighted by molar-refractivity contribution is 6.30. The molecule has 1 unspecified atom stereocenters. The summed E-state index contributed by atoms with van der Waals surface area (Å²) < 4.78 is 10.6. The molecule has 1 aromatic carbocycles. The Hall–Kier alpha value is -1.98. The molecule has 21 heavy (non-hydrogen) atoms. The highest BCUT2D eigenvalue weighted by atomic mass is 35.5. The van der Waals surface area contributed by atoms with Crippen LogP contribution in [0.5, 0.6) is 5.75 Å². The summed E-state index contributed by atoms with van der Waals surface area (Å²) in [5.74, 6) is 0.971. The van der Waals surface area contributed by atoms with Crippen molar-refractivity contribution in [1.29, 1.82) is 0 Å². The van der Waals surface area contributed by atoms with E-state index in [9.17, 15) is 4.79 Å². The predicted molar refractivity (Wildman–Crippen MR) is 80.5 cm³/mol. The van der Waals surface area contributed by atoms with Crippen molar-refractivity contribution < 1.29 is 13.9 Å². The fourth-order valence-electron chi connectivity index (χ4n) is 2.01. The highest BCUT2D eigenvalue weighted by Gasteiger charge is 2.13. The number of furan rings is 1. The van der Waals surface area contributed by atoms with Crippen molar-refractivity contribution in [2.45, 2.75) is 19.5 Å². The van der Waals surface area contributed by atoms with E-state index in [1.54, 1.807) is 25.3 Å². The van der Waals surface area contributed by atoms with E-state index >= 15 is 0 Å². The molecule has 6 heteroatoms. The maximum atomic E-state index is 11.0. The van der Waals surface area contributed by atoms with Crippen LogP contribution in [0.15, 0.2) is 34.7 Å². The van der Waals surface area contributed by atoms with E-state index in [2.05, 4.69) is 5.32 Å². The monoisotopic (exact) mass is 308 g/mol. The van der Waals surface area contributed by atoms with E-state index < -0.39 is 5.91 Å². The molecular weight excluding hydrogens is 292 g/mol. The Morgan fingerprint density at radius 1 is 1.43 bits per heavy atom. The first-order valence-corrected chi connectivity index (χ1v) is 6.84. The SMILES string of the molecule is COc1ccc(Cl)cc1C(C)NCc1ccc(C(N)=O)o1. The number of carbonyl (C=O) groups is 1. The van der Waals surface area contributed by atoms with Crippen LogP contribution >= 0.6 is 11.6 Å². The molecule has 0 bridgehead atoms. The number of benzene rings is 1. The normalized spacial score (nSPS) is 12.1. The van der Waals surface area contributed by atoms with Gasteiger partial charge in [0.15, 0.2) is 5.76 Å². The summed E-state index contributed by atoms with van der Waals surface area (Å²) in [5.41, 5.74) is 6.09. The number of hydrogen-bond acceptors (Lipinski definition) is 4. The molecule has 1 aromatic heterocycles. The molecule has 0 aliphatic carbocycles. The summed E-state index contributed by atoms with van der Waals surface area (Å²) in [5, 5.41) is 3.93. The number of primary amides is 1. The molecule has 2 aromatic rings. The molecule has 0 saturated carbocycles. The fraction of sp³-hybridized carbons (Fsp3) is 0.267. The van der Waals surface area contributed by atoms with Gasteiger partial charge < -0.3 is 20.2 Å². The molecule has 0 radical (unpaired) electrons. The van der Waals surface area contributed by atoms with Gasteiger partial charge in [0.1, 0.15) is 11.5 Å². The molecule has 5 nitrogen and oxygen atoms in total. The zero-order chi connectivity index (χ0) is 15.4. The van der Waals surface area contributed by atoms with Crippen LogP contribution in [0.25, 0.3) is 0 Å². The van der Waals surface area contributed by atoms with Gasteiger partial charge in [-0.05, 0) is 37.3 Å². The molecule has 0 spiro atoms. The summed E-state index contributed by atoms with van der Waals surface area (Å²) in [6.07, 6.45) is 0. The Morgan fingerprint density at radius 3 is 2.81 bits per heavy atom. The lowest BCUT2D eigenvalue weighted by Crippen LogP contribution is -2.18. The molecule has 0 aliphatic heterocycles. The summed E-state index contributed by atoms with van der Waals surface area (Å²) in [4.78, 5) is 11.0. The van der Waals surface area contributed by atoms with E-state index in [1.807, 2.05) is 19.1 Å². The third kappa shape index (κ3) is 3.77. The van der Waals surface area contributed by atoms with Gasteiger partial charge in [0, 0.05) is 16.6 Å². The fourth-order valence-corrected chi connectivity index (χ4v) is 2.19. The van der Waals surface area contributed by atoms with Gasteiger partial charge in [-0.15, -0.1) is 0 Å². The number of halogens is 1. The van der Waals surface area contributed by atoms with Crippen LogP contribution in [0, 0.1) is 0 Å². The molecule has 0 fully saturated rings. The molecule has 0 aliphatic rings. The average molecular weight is 309 g/mol. The number of carbonyl (C=O) groups excluding carboxylic acids is 1. The number of rotatable bonds is 6. The number of amides is 1. The van der Waals surface area contributed by atoms with Gasteiger partial charge in [0.05, 0.1) is 13.7 Å². The van der Waals surface area contributed by atoms with Crippen LogP contribution in [-0.4, -0.2) is 13.0 Å². The quantitative estimate of drug-likeness (QED) is 0.860. The molecule has 3 N–H and O–H groups in total. The minimum Gasteiger partial charge on any atom is -0.496 e. The van der Waals surface area contributed by atoms with Gasteiger partial charge in [-0.25, -0.2) is 0 Å². The zero-order valence-corrected chi connectivity index (χ0v) is 12.6. The second kappa shape index (κ2) is 6.65. The first-order chi connectivity index (χ1) is 10.0. The minimum absolute atomic E-state index is 0.000720. The minimum atomic E-state index is -0.578. The van der Waals surface area contributed by atoms with Crippen molar-refractivity contribution in [3.63, 3.8) is 0 Å². The van der Waals surface area contributed by atoms with Crippen molar-refractivity contribution in [2.24, 2.45) is 5.73 Å². The first-order valence-electron chi connectivity index (χ1n) is 6.46. The third-order valence-electron chi connectivity index (χ3n) is 3.15. The van der Waals surface area contributed by atoms with E-state index in [0.717, 1.165) is 11.3 Å². The second-order valence-corrected chi connectivity index (χ2v) is 5.06. The Morgan fingerprint density at radius 2 is 2.19 bits per heavy atom. The van der Waals surface area contributed by atoms with Crippen molar-refractivity contribution >= 4 is 17.5 Å². The van der Waals surface area contributed by atoms with E-state index in [4.69, 9.17) is 26.5 Å². The van der Waals surface area contributed by atoms with E-state index in [-0.39, 0.29) is 11.8 Å². The summed E-state index contributed by atoms with van der Waals surface area (Å²) in [6.45, 7) is 2.45. The lowest BCUT2D eigenvalue weighted by atomic mass is 10.1. The Kier molecular flexibility index (Phi) is 4.88. The standard InChI is InChI=1S/C15H17ClN2O3/c1-9(12-7-10(16)3-5-13(12)20-2)18-8-11-4-6-14(21-11)15(17)19/h3-7,9,18H,8H2,1-2H3,(H2,17,19). The van der Waals surface area contributed by atoms with Crippen LogP contribution in [0.4, 0.5) is 0 Å². The first kappa shape index (κ1) is 15.4. The Bertz CT molecular complexity index is 640. The third-order valence-corrected chi connectivity index (χ3v) is 3.38. The maximum absolute atomic E-state index is 11.0. The molecular formula is C15H17ClN2O3. The number of nitrogens with one attached hydrogen (secondary N) is 1. The molecule has 1 heterocycles. The Balaban J connectivity index is 2.05. The van der Waals surface area contributed by atoms with Gasteiger partial charge in [-0.3, -0.25) is 4.79 Å². The van der Waals surface area contributed by atoms with Gasteiger partial charge in [0.2, 0.25) is 0 Å². The second-order valence-electron chi connectivity index (χ2n) is 4.62. The number of nitrogens with two attached hydrogens (primary N) is 1. The van der Waals surface area contributed by atoms with Crippen molar-refractivity contribution in [3.8, 4) is 5.75 Å². The smallest absolute Gasteiger partial charge is 0.284 e. The van der Waals surface area contributed by atoms with Crippen molar-refractivity contribution in [2.75, 3.05) is 7.11 Å². The van der Waals surface area contributed by atoms with Gasteiger partial charge in [-0.2, -0.15) is 0 Å². The van der Waals surface area contributed by atoms with E-state index in [0.29, 0.717) is 17.3 Å². The molecule has 1 atom stereocenters. The lowest BCUT2D eigenvalue weighted by Gasteiger charge is -2.17. The topological polar surface area (TPSA) is 77.5 Å². The van der Waals surface area contributed by atoms with Crippen molar-refractivity contribution in [3.05, 3.63) is 52.4 Å². The van der Waals surface area contributed by atoms with Crippen LogP contribution in [0.3, 0.4) is 0 Å². The Labute approximate surface area is 128 Å². The van der Waals surface area contributed by atoms with Crippen LogP contribution in [0.1, 0.15) is 34.8 Å². The number of ether oxygens (including phenoxy) is 1. The zero-order valence-electron chi connectivity index (χ0n) is 11.9. The summed E-state index contributed by atoms with van der Waals surface area (Å²) in [6, 6.07) is 8.74. The predicted octanol–water partition coefficient (Wildman–Crippen LogP) is 2.89. The highest BCUT2D eigenvalue weighted by Crippen LogP contribution is 2.28. The summed E-state index contributed by atoms with van der Waals surface area (Å²) in [7, 11) is 1.62. The van der Waals surface area contributed by atoms with Crippen LogP contribution < -0.4 is 15.8 Å². The van der Waals surface area contributed by atoms with Gasteiger partial charge >= 0.3 is 0 Å². The maximum Gasteiger partial charge on any atom is 0.284 e. The van der Waals surface area contributed by atoms with Crippen LogP contribution in [-0.2, 0) is 6.54 Å². The summed E-state index contributed by atoms with van der Waals surface area (Å²) >= 11 is 6.02. The van der Waals surface area contributed by atoms with Gasteiger partial charge in [-0.1, -0.05) is 11.6 Å². The molecule has 112 valence electrons. The van der Waals surface area contributed by atoms with Gasteiger partial charge in [0.25, 0.3) is 5.91 Å². The lowest BCUT2D eigenvalue weighted by molar-refractivity contribution is 0.0972. The molecule has 2 rings (SSSR count).